The van der Waals surface area contributed by atoms with Gasteiger partial charge in [0.05, 0.1) is 0 Å². The number of aromatic hydroxyl groups is 1. The molecule has 2 aromatic rings. The first-order chi connectivity index (χ1) is 6.83. The van der Waals surface area contributed by atoms with Crippen molar-refractivity contribution in [3.05, 3.63) is 30.0 Å². The Labute approximate surface area is 87.3 Å². The molecule has 0 aliphatic carbocycles. The molecule has 2 rings (SSSR count). The van der Waals surface area contributed by atoms with Crippen molar-refractivity contribution < 1.29 is 5.11 Å². The number of thioether (sulfide) groups is 1. The molecule has 1 aromatic heterocycles. The van der Waals surface area contributed by atoms with E-state index in [-0.39, 0.29) is 0 Å². The number of rotatable bonds is 3. The lowest BCUT2D eigenvalue weighted by Gasteiger charge is -1.99. The van der Waals surface area contributed by atoms with Gasteiger partial charge in [-0.2, -0.15) is 11.8 Å². The summed E-state index contributed by atoms with van der Waals surface area (Å²) in [5, 5.41) is 10.7. The number of hydrogen-bond donors (Lipinski definition) is 2. The fraction of sp³-hybridized carbons (Fsp3) is 0.273. The number of aromatic amines is 1. The summed E-state index contributed by atoms with van der Waals surface area (Å²) in [5.41, 5.74) is 2.20. The highest BCUT2D eigenvalue weighted by atomic mass is 32.2. The Morgan fingerprint density at radius 1 is 1.43 bits per heavy atom. The number of aromatic nitrogens is 1. The molecule has 0 saturated heterocycles. The summed E-state index contributed by atoms with van der Waals surface area (Å²) < 4.78 is 0. The Morgan fingerprint density at radius 3 is 3.07 bits per heavy atom. The maximum absolute atomic E-state index is 9.71. The van der Waals surface area contributed by atoms with E-state index in [4.69, 9.17) is 0 Å². The van der Waals surface area contributed by atoms with Crippen LogP contribution in [0.1, 0.15) is 12.5 Å². The van der Waals surface area contributed by atoms with Crippen molar-refractivity contribution in [2.75, 3.05) is 5.75 Å². The zero-order valence-electron chi connectivity index (χ0n) is 8.08. The normalized spacial score (nSPS) is 10.9. The molecule has 0 aliphatic heterocycles. The van der Waals surface area contributed by atoms with E-state index in [1.165, 1.54) is 5.56 Å². The van der Waals surface area contributed by atoms with Crippen LogP contribution in [0.5, 0.6) is 5.75 Å². The Balaban J connectivity index is 2.45. The largest absolute Gasteiger partial charge is 0.507 e. The highest BCUT2D eigenvalue weighted by Gasteiger charge is 2.06. The lowest BCUT2D eigenvalue weighted by molar-refractivity contribution is 0.481. The summed E-state index contributed by atoms with van der Waals surface area (Å²) in [6.07, 6.45) is 1.98. The molecule has 0 unspecified atom stereocenters. The van der Waals surface area contributed by atoms with Gasteiger partial charge >= 0.3 is 0 Å². The lowest BCUT2D eigenvalue weighted by atomic mass is 10.2. The molecule has 2 nitrogen and oxygen atoms in total. The Morgan fingerprint density at radius 2 is 2.29 bits per heavy atom. The minimum absolute atomic E-state index is 0.371. The number of fused-ring (bicyclic) bond motifs is 1. The fourth-order valence-corrected chi connectivity index (χ4v) is 2.21. The number of nitrogens with one attached hydrogen (secondary N) is 1. The van der Waals surface area contributed by atoms with Crippen LogP contribution in [-0.2, 0) is 5.75 Å². The topological polar surface area (TPSA) is 36.0 Å². The second kappa shape index (κ2) is 3.96. The first kappa shape index (κ1) is 9.46. The van der Waals surface area contributed by atoms with Gasteiger partial charge in [0.25, 0.3) is 0 Å². The minimum atomic E-state index is 0.371. The molecule has 14 heavy (non-hydrogen) atoms. The van der Waals surface area contributed by atoms with Gasteiger partial charge in [-0.1, -0.05) is 13.0 Å². The van der Waals surface area contributed by atoms with Crippen molar-refractivity contribution in [3.63, 3.8) is 0 Å². The van der Waals surface area contributed by atoms with Gasteiger partial charge in [0.15, 0.2) is 0 Å². The lowest BCUT2D eigenvalue weighted by Crippen LogP contribution is -1.78. The smallest absolute Gasteiger partial charge is 0.125 e. The van der Waals surface area contributed by atoms with Gasteiger partial charge < -0.3 is 10.1 Å². The van der Waals surface area contributed by atoms with E-state index >= 15 is 0 Å². The molecule has 0 saturated carbocycles. The number of hydrogen-bond acceptors (Lipinski definition) is 2. The predicted molar refractivity (Wildman–Crippen MR) is 61.8 cm³/mol. The highest BCUT2D eigenvalue weighted by Crippen LogP contribution is 2.29. The maximum atomic E-state index is 9.71. The zero-order valence-corrected chi connectivity index (χ0v) is 8.90. The molecule has 1 aromatic carbocycles. The number of H-pyrrole nitrogens is 1. The average Bonchev–Trinajstić information content (AvgIpc) is 2.59. The third-order valence-electron chi connectivity index (χ3n) is 2.23. The molecule has 1 heterocycles. The van der Waals surface area contributed by atoms with E-state index in [1.54, 1.807) is 6.07 Å². The standard InChI is InChI=1S/C11H13NOS/c1-2-14-7-8-6-12-9-4-3-5-10(13)11(8)9/h3-6,12-13H,2,7H2,1H3. The summed E-state index contributed by atoms with van der Waals surface area (Å²) in [4.78, 5) is 3.16. The molecule has 3 heteroatoms. The van der Waals surface area contributed by atoms with Crippen LogP contribution in [0.4, 0.5) is 0 Å². The van der Waals surface area contributed by atoms with Crippen LogP contribution < -0.4 is 0 Å². The summed E-state index contributed by atoms with van der Waals surface area (Å²) in [6.45, 7) is 2.14. The van der Waals surface area contributed by atoms with Crippen molar-refractivity contribution in [1.82, 2.24) is 4.98 Å². The summed E-state index contributed by atoms with van der Waals surface area (Å²) in [7, 11) is 0. The molecular weight excluding hydrogens is 194 g/mol. The summed E-state index contributed by atoms with van der Waals surface area (Å²) in [5.74, 6) is 2.42. The molecule has 0 aliphatic rings. The molecule has 0 atom stereocenters. The molecule has 0 bridgehead atoms. The van der Waals surface area contributed by atoms with Crippen LogP contribution in [0.2, 0.25) is 0 Å². The molecule has 74 valence electrons. The molecule has 0 fully saturated rings. The molecular formula is C11H13NOS. The van der Waals surface area contributed by atoms with Crippen molar-refractivity contribution >= 4 is 22.7 Å². The van der Waals surface area contributed by atoms with Crippen LogP contribution in [0.25, 0.3) is 10.9 Å². The maximum Gasteiger partial charge on any atom is 0.125 e. The quantitative estimate of drug-likeness (QED) is 0.811. The highest BCUT2D eigenvalue weighted by molar-refractivity contribution is 7.98. The van der Waals surface area contributed by atoms with Crippen LogP contribution in [0, 0.1) is 0 Å². The predicted octanol–water partition coefficient (Wildman–Crippen LogP) is 3.13. The Bertz CT molecular complexity index is 436. The second-order valence-corrected chi connectivity index (χ2v) is 4.43. The number of phenols is 1. The first-order valence-electron chi connectivity index (χ1n) is 4.68. The van der Waals surface area contributed by atoms with Gasteiger partial charge in [0.2, 0.25) is 0 Å². The van der Waals surface area contributed by atoms with Crippen molar-refractivity contribution in [2.45, 2.75) is 12.7 Å². The average molecular weight is 207 g/mol. The van der Waals surface area contributed by atoms with Crippen LogP contribution >= 0.6 is 11.8 Å². The fourth-order valence-electron chi connectivity index (χ4n) is 1.56. The molecule has 0 amide bonds. The van der Waals surface area contributed by atoms with Crippen molar-refractivity contribution in [3.8, 4) is 5.75 Å². The van der Waals surface area contributed by atoms with E-state index in [9.17, 15) is 5.11 Å². The molecule has 0 spiro atoms. The van der Waals surface area contributed by atoms with E-state index in [0.717, 1.165) is 22.4 Å². The summed E-state index contributed by atoms with van der Waals surface area (Å²) >= 11 is 1.86. The third kappa shape index (κ3) is 1.60. The van der Waals surface area contributed by atoms with E-state index in [1.807, 2.05) is 30.1 Å². The number of phenolic OH excluding ortho intramolecular Hbond substituents is 1. The van der Waals surface area contributed by atoms with E-state index in [0.29, 0.717) is 5.75 Å². The van der Waals surface area contributed by atoms with Gasteiger partial charge in [-0.15, -0.1) is 0 Å². The van der Waals surface area contributed by atoms with Crippen molar-refractivity contribution in [1.29, 1.82) is 0 Å². The SMILES string of the molecule is CCSCc1c[nH]c2cccc(O)c12. The number of benzene rings is 1. The van der Waals surface area contributed by atoms with E-state index < -0.39 is 0 Å². The van der Waals surface area contributed by atoms with E-state index in [2.05, 4.69) is 11.9 Å². The monoisotopic (exact) mass is 207 g/mol. The first-order valence-corrected chi connectivity index (χ1v) is 5.84. The Kier molecular flexibility index (Phi) is 2.68. The van der Waals surface area contributed by atoms with Crippen molar-refractivity contribution in [2.24, 2.45) is 0 Å². The van der Waals surface area contributed by atoms with Gasteiger partial charge in [-0.05, 0) is 23.4 Å². The van der Waals surface area contributed by atoms with Gasteiger partial charge in [0.1, 0.15) is 5.75 Å². The van der Waals surface area contributed by atoms with Gasteiger partial charge in [-0.3, -0.25) is 0 Å². The third-order valence-corrected chi connectivity index (χ3v) is 3.15. The van der Waals surface area contributed by atoms with Gasteiger partial charge in [-0.25, -0.2) is 0 Å². The van der Waals surface area contributed by atoms with Crippen LogP contribution in [-0.4, -0.2) is 15.8 Å². The van der Waals surface area contributed by atoms with Crippen LogP contribution in [0.15, 0.2) is 24.4 Å². The molecule has 0 radical (unpaired) electrons. The van der Waals surface area contributed by atoms with Crippen LogP contribution in [0.3, 0.4) is 0 Å². The minimum Gasteiger partial charge on any atom is -0.507 e. The second-order valence-electron chi connectivity index (χ2n) is 3.15. The van der Waals surface area contributed by atoms with Gasteiger partial charge in [0, 0.05) is 22.9 Å². The zero-order chi connectivity index (χ0) is 9.97. The Hall–Kier alpha value is -1.09. The summed E-state index contributed by atoms with van der Waals surface area (Å²) in [6, 6.07) is 5.57. The molecule has 2 N–H and O–H groups in total.